The van der Waals surface area contributed by atoms with Gasteiger partial charge in [0.15, 0.2) is 0 Å². The monoisotopic (exact) mass is 559 g/mol. The van der Waals surface area contributed by atoms with Crippen molar-refractivity contribution in [3.63, 3.8) is 0 Å². The molecule has 0 radical (unpaired) electrons. The number of halogens is 1. The van der Waals surface area contributed by atoms with Crippen molar-refractivity contribution in [3.8, 4) is 5.75 Å². The number of nitrogens with one attached hydrogen (secondary N) is 3. The van der Waals surface area contributed by atoms with Gasteiger partial charge in [-0.1, -0.05) is 6.07 Å². The number of piperidine rings is 1. The summed E-state index contributed by atoms with van der Waals surface area (Å²) in [5.41, 5.74) is 3.51. The lowest BCUT2D eigenvalue weighted by Gasteiger charge is -2.31. The number of carbonyl (C=O) groups excluding carboxylic acids is 2. The van der Waals surface area contributed by atoms with Gasteiger partial charge in [0.05, 0.1) is 22.6 Å². The Morgan fingerprint density at radius 3 is 2.66 bits per heavy atom. The zero-order chi connectivity index (χ0) is 28.8. The van der Waals surface area contributed by atoms with Crippen molar-refractivity contribution < 1.29 is 23.8 Å². The Morgan fingerprint density at radius 2 is 1.90 bits per heavy atom. The molecule has 214 valence electrons. The Kier molecular flexibility index (Phi) is 8.79. The molecule has 0 spiro atoms. The minimum absolute atomic E-state index is 0.00506. The van der Waals surface area contributed by atoms with Gasteiger partial charge in [-0.15, -0.1) is 0 Å². The summed E-state index contributed by atoms with van der Waals surface area (Å²) in [6.07, 6.45) is 8.36. The van der Waals surface area contributed by atoms with Crippen LogP contribution in [0.3, 0.4) is 0 Å². The van der Waals surface area contributed by atoms with Gasteiger partial charge in [-0.2, -0.15) is 0 Å². The number of aryl methyl sites for hydroxylation is 1. The normalized spacial score (nSPS) is 17.2. The molecule has 1 saturated heterocycles. The van der Waals surface area contributed by atoms with Crippen molar-refractivity contribution in [2.75, 3.05) is 30.3 Å². The topological polar surface area (TPSA) is 119 Å². The number of hydrogen-bond donors (Lipinski definition) is 4. The molecule has 1 fully saturated rings. The van der Waals surface area contributed by atoms with Crippen molar-refractivity contribution in [2.45, 2.75) is 38.7 Å². The van der Waals surface area contributed by atoms with Crippen LogP contribution in [0.5, 0.6) is 5.75 Å². The largest absolute Gasteiger partial charge is 0.486 e. The second-order valence-electron chi connectivity index (χ2n) is 10.4. The highest BCUT2D eigenvalue weighted by atomic mass is 19.1. The number of rotatable bonds is 8. The SMILES string of the molecule is Cc1ccc(F)c(NC(=O)Nc2ccc(OC3C=C(c4cc(C(=O)N5CCC(CCO)CC5)c[nH]4)N=CC3)cc2)c1. The summed E-state index contributed by atoms with van der Waals surface area (Å²) in [4.78, 5) is 34.9. The van der Waals surface area contributed by atoms with E-state index in [9.17, 15) is 14.0 Å². The van der Waals surface area contributed by atoms with E-state index in [-0.39, 0.29) is 24.3 Å². The van der Waals surface area contributed by atoms with E-state index in [1.54, 1.807) is 48.8 Å². The number of anilines is 2. The molecule has 1 atom stereocenters. The summed E-state index contributed by atoms with van der Waals surface area (Å²) in [5.74, 6) is 0.583. The maximum atomic E-state index is 13.9. The molecule has 5 rings (SSSR count). The number of H-pyrrole nitrogens is 1. The molecule has 0 aliphatic carbocycles. The van der Waals surface area contributed by atoms with E-state index in [4.69, 9.17) is 9.84 Å². The van der Waals surface area contributed by atoms with Gasteiger partial charge >= 0.3 is 6.03 Å². The number of amides is 3. The Labute approximate surface area is 238 Å². The standard InChI is InChI=1S/C31H34FN5O4/c1-20-2-7-26(32)27(16-20)36-31(40)35-23-3-5-24(6-4-23)41-25-8-12-33-29(18-25)28-17-22(19-34-28)30(39)37-13-9-21(10-14-37)11-15-38/h2-7,12,16-19,21,25,34,38H,8-11,13-15H2,1H3,(H2,35,36,40). The van der Waals surface area contributed by atoms with Crippen molar-refractivity contribution in [1.29, 1.82) is 0 Å². The molecule has 10 heteroatoms. The molecule has 2 aliphatic heterocycles. The highest BCUT2D eigenvalue weighted by Gasteiger charge is 2.24. The number of hydrogen-bond acceptors (Lipinski definition) is 5. The van der Waals surface area contributed by atoms with Crippen molar-refractivity contribution in [3.05, 3.63) is 83.4 Å². The number of benzene rings is 2. The first kappa shape index (κ1) is 28.1. The minimum Gasteiger partial charge on any atom is -0.486 e. The highest BCUT2D eigenvalue weighted by molar-refractivity contribution is 6.00. The Bertz CT molecular complexity index is 1440. The number of ether oxygens (including phenoxy) is 1. The van der Waals surface area contributed by atoms with Crippen LogP contribution < -0.4 is 15.4 Å². The van der Waals surface area contributed by atoms with Crippen molar-refractivity contribution >= 4 is 35.2 Å². The van der Waals surface area contributed by atoms with E-state index in [0.717, 1.165) is 30.5 Å². The molecule has 2 aromatic carbocycles. The second kappa shape index (κ2) is 12.8. The smallest absolute Gasteiger partial charge is 0.323 e. The number of urea groups is 1. The van der Waals surface area contributed by atoms with Crippen molar-refractivity contribution in [1.82, 2.24) is 9.88 Å². The first-order valence-corrected chi connectivity index (χ1v) is 13.8. The molecule has 3 amide bonds. The van der Waals surface area contributed by atoms with Gasteiger partial charge in [-0.3, -0.25) is 9.79 Å². The van der Waals surface area contributed by atoms with Gasteiger partial charge in [0.25, 0.3) is 5.91 Å². The van der Waals surface area contributed by atoms with E-state index in [1.165, 1.54) is 6.07 Å². The second-order valence-corrected chi connectivity index (χ2v) is 10.4. The number of aliphatic hydroxyl groups excluding tert-OH is 1. The Hall–Kier alpha value is -4.44. The molecular formula is C31H34FN5O4. The molecule has 2 aliphatic rings. The average Bonchev–Trinajstić information content (AvgIpc) is 3.47. The Balaban J connectivity index is 1.15. The number of likely N-dealkylation sites (tertiary alicyclic amines) is 1. The zero-order valence-corrected chi connectivity index (χ0v) is 22.9. The fourth-order valence-electron chi connectivity index (χ4n) is 5.05. The number of aliphatic imine (C=N–C) groups is 1. The van der Waals surface area contributed by atoms with Gasteiger partial charge in [0, 0.05) is 44.2 Å². The van der Waals surface area contributed by atoms with E-state index in [2.05, 4.69) is 20.6 Å². The molecular weight excluding hydrogens is 525 g/mol. The zero-order valence-electron chi connectivity index (χ0n) is 22.9. The summed E-state index contributed by atoms with van der Waals surface area (Å²) in [6, 6.07) is 12.7. The van der Waals surface area contributed by atoms with Gasteiger partial charge in [0.2, 0.25) is 0 Å². The van der Waals surface area contributed by atoms with Gasteiger partial charge in [-0.25, -0.2) is 9.18 Å². The van der Waals surface area contributed by atoms with Crippen LogP contribution in [0.1, 0.15) is 47.3 Å². The van der Waals surface area contributed by atoms with Crippen LogP contribution >= 0.6 is 0 Å². The predicted molar refractivity (Wildman–Crippen MR) is 157 cm³/mol. The lowest BCUT2D eigenvalue weighted by molar-refractivity contribution is 0.0678. The summed E-state index contributed by atoms with van der Waals surface area (Å²) in [5, 5.41) is 14.4. The fourth-order valence-corrected chi connectivity index (χ4v) is 5.05. The number of aromatic nitrogens is 1. The van der Waals surface area contributed by atoms with Crippen LogP contribution in [0.2, 0.25) is 0 Å². The van der Waals surface area contributed by atoms with Crippen molar-refractivity contribution in [2.24, 2.45) is 10.9 Å². The number of nitrogens with zero attached hydrogens (tertiary/aromatic N) is 2. The maximum Gasteiger partial charge on any atom is 0.323 e. The lowest BCUT2D eigenvalue weighted by Crippen LogP contribution is -2.38. The summed E-state index contributed by atoms with van der Waals surface area (Å²) in [7, 11) is 0. The van der Waals surface area contributed by atoms with Gasteiger partial charge in [-0.05, 0) is 86.2 Å². The molecule has 3 heterocycles. The van der Waals surface area contributed by atoms with Crippen LogP contribution in [0, 0.1) is 18.7 Å². The van der Waals surface area contributed by atoms with E-state index in [1.807, 2.05) is 24.0 Å². The van der Waals surface area contributed by atoms with Gasteiger partial charge in [0.1, 0.15) is 17.7 Å². The highest BCUT2D eigenvalue weighted by Crippen LogP contribution is 2.26. The van der Waals surface area contributed by atoms with Crippen LogP contribution in [0.4, 0.5) is 20.6 Å². The minimum atomic E-state index is -0.547. The third kappa shape index (κ3) is 7.20. The van der Waals surface area contributed by atoms with Crippen LogP contribution in [0.15, 0.2) is 65.8 Å². The quantitative estimate of drug-likeness (QED) is 0.287. The maximum absolute atomic E-state index is 13.9. The van der Waals surface area contributed by atoms with Crippen LogP contribution in [0.25, 0.3) is 5.70 Å². The number of aromatic amines is 1. The first-order chi connectivity index (χ1) is 19.9. The fraction of sp³-hybridized carbons (Fsp3) is 0.323. The molecule has 0 saturated carbocycles. The number of carbonyl (C=O) groups is 2. The third-order valence-corrected chi connectivity index (χ3v) is 7.33. The van der Waals surface area contributed by atoms with Crippen LogP contribution in [-0.4, -0.2) is 58.9 Å². The molecule has 9 nitrogen and oxygen atoms in total. The van der Waals surface area contributed by atoms with E-state index >= 15 is 0 Å². The van der Waals surface area contributed by atoms with Gasteiger partial charge < -0.3 is 30.4 Å². The molecule has 1 aromatic heterocycles. The Morgan fingerprint density at radius 1 is 1.12 bits per heavy atom. The van der Waals surface area contributed by atoms with Crippen LogP contribution in [-0.2, 0) is 0 Å². The van der Waals surface area contributed by atoms with E-state index in [0.29, 0.717) is 48.1 Å². The summed E-state index contributed by atoms with van der Waals surface area (Å²) >= 11 is 0. The summed E-state index contributed by atoms with van der Waals surface area (Å²) in [6.45, 7) is 3.41. The van der Waals surface area contributed by atoms with E-state index < -0.39 is 11.8 Å². The number of aliphatic hydroxyl groups is 1. The third-order valence-electron chi connectivity index (χ3n) is 7.33. The molecule has 0 bridgehead atoms. The summed E-state index contributed by atoms with van der Waals surface area (Å²) < 4.78 is 20.0. The average molecular weight is 560 g/mol. The lowest BCUT2D eigenvalue weighted by atomic mass is 9.93. The molecule has 4 N–H and O–H groups in total. The molecule has 3 aromatic rings. The molecule has 41 heavy (non-hydrogen) atoms. The predicted octanol–water partition coefficient (Wildman–Crippen LogP) is 5.60. The molecule has 1 unspecified atom stereocenters. The first-order valence-electron chi connectivity index (χ1n) is 13.8.